The maximum absolute atomic E-state index is 12.2. The van der Waals surface area contributed by atoms with Gasteiger partial charge >= 0.3 is 0 Å². The van der Waals surface area contributed by atoms with Crippen LogP contribution in [0.2, 0.25) is 0 Å². The first-order valence-electron chi connectivity index (χ1n) is 6.48. The van der Waals surface area contributed by atoms with E-state index in [0.29, 0.717) is 10.5 Å². The summed E-state index contributed by atoms with van der Waals surface area (Å²) < 4.78 is 0. The second kappa shape index (κ2) is 5.40. The van der Waals surface area contributed by atoms with Crippen molar-refractivity contribution in [3.05, 3.63) is 81.9 Å². The fourth-order valence-corrected chi connectivity index (χ4v) is 3.36. The zero-order valence-corrected chi connectivity index (χ0v) is 12.1. The standard InChI is InChI=1S/C16H11NO4S/c18-15-10-14(11-4-2-1-3-5-11)22-16(15,19)12-6-8-13(9-7-12)17(20)21/h1-10,19H. The molecule has 22 heavy (non-hydrogen) atoms. The highest BCUT2D eigenvalue weighted by Gasteiger charge is 2.43. The van der Waals surface area contributed by atoms with Gasteiger partial charge in [0.15, 0.2) is 0 Å². The third-order valence-electron chi connectivity index (χ3n) is 3.38. The Kier molecular flexibility index (Phi) is 3.56. The Morgan fingerprint density at radius 3 is 2.27 bits per heavy atom. The van der Waals surface area contributed by atoms with Crippen molar-refractivity contribution in [3.63, 3.8) is 0 Å². The monoisotopic (exact) mass is 313 g/mol. The number of ketones is 1. The van der Waals surface area contributed by atoms with Crippen LogP contribution in [0.25, 0.3) is 4.91 Å². The minimum Gasteiger partial charge on any atom is -0.368 e. The molecule has 1 atom stereocenters. The lowest BCUT2D eigenvalue weighted by Crippen LogP contribution is -2.27. The van der Waals surface area contributed by atoms with Crippen molar-refractivity contribution in [2.24, 2.45) is 0 Å². The second-order valence-corrected chi connectivity index (χ2v) is 6.02. The zero-order chi connectivity index (χ0) is 15.7. The van der Waals surface area contributed by atoms with Gasteiger partial charge in [0, 0.05) is 22.6 Å². The SMILES string of the molecule is O=C1C=C(c2ccccc2)SC1(O)c1ccc([N+](=O)[O-])cc1. The topological polar surface area (TPSA) is 80.4 Å². The highest BCUT2D eigenvalue weighted by atomic mass is 32.2. The smallest absolute Gasteiger partial charge is 0.269 e. The summed E-state index contributed by atoms with van der Waals surface area (Å²) in [6.07, 6.45) is 1.40. The van der Waals surface area contributed by atoms with Crippen molar-refractivity contribution >= 4 is 28.1 Å². The number of carbonyl (C=O) groups is 1. The van der Waals surface area contributed by atoms with Crippen LogP contribution in [0.15, 0.2) is 60.7 Å². The van der Waals surface area contributed by atoms with Crippen molar-refractivity contribution in [1.82, 2.24) is 0 Å². The van der Waals surface area contributed by atoms with Crippen molar-refractivity contribution in [2.75, 3.05) is 0 Å². The van der Waals surface area contributed by atoms with E-state index >= 15 is 0 Å². The van der Waals surface area contributed by atoms with E-state index in [1.807, 2.05) is 30.3 Å². The van der Waals surface area contributed by atoms with Crippen molar-refractivity contribution in [2.45, 2.75) is 4.93 Å². The molecule has 1 heterocycles. The zero-order valence-electron chi connectivity index (χ0n) is 11.3. The first-order valence-corrected chi connectivity index (χ1v) is 7.30. The van der Waals surface area contributed by atoms with Gasteiger partial charge in [0.25, 0.3) is 5.69 Å². The number of thioether (sulfide) groups is 1. The molecule has 0 spiro atoms. The molecule has 110 valence electrons. The summed E-state index contributed by atoms with van der Waals surface area (Å²) in [5.74, 6) is -0.440. The predicted octanol–water partition coefficient (Wildman–Crippen LogP) is 3.10. The minimum absolute atomic E-state index is 0.0842. The lowest BCUT2D eigenvalue weighted by molar-refractivity contribution is -0.384. The molecule has 5 nitrogen and oxygen atoms in total. The second-order valence-electron chi connectivity index (χ2n) is 4.79. The summed E-state index contributed by atoms with van der Waals surface area (Å²) in [6.45, 7) is 0. The fourth-order valence-electron chi connectivity index (χ4n) is 2.21. The van der Waals surface area contributed by atoms with Gasteiger partial charge in [0.2, 0.25) is 10.7 Å². The van der Waals surface area contributed by atoms with Crippen LogP contribution in [0.5, 0.6) is 0 Å². The molecule has 1 N–H and O–H groups in total. The van der Waals surface area contributed by atoms with Gasteiger partial charge < -0.3 is 5.11 Å². The number of aliphatic hydroxyl groups is 1. The summed E-state index contributed by atoms with van der Waals surface area (Å²) in [4.78, 5) is 21.3. The third-order valence-corrected chi connectivity index (χ3v) is 4.69. The first kappa shape index (κ1) is 14.5. The van der Waals surface area contributed by atoms with Crippen LogP contribution in [0.3, 0.4) is 0 Å². The molecule has 0 bridgehead atoms. The van der Waals surface area contributed by atoms with E-state index in [0.717, 1.165) is 17.3 Å². The predicted molar refractivity (Wildman–Crippen MR) is 84.0 cm³/mol. The number of non-ortho nitro benzene ring substituents is 1. The lowest BCUT2D eigenvalue weighted by Gasteiger charge is -2.20. The molecule has 1 aliphatic heterocycles. The highest BCUT2D eigenvalue weighted by molar-refractivity contribution is 8.10. The lowest BCUT2D eigenvalue weighted by atomic mass is 10.0. The molecule has 0 fully saturated rings. The Labute approximate surface area is 130 Å². The number of rotatable bonds is 3. The van der Waals surface area contributed by atoms with Gasteiger partial charge in [0.05, 0.1) is 4.92 Å². The summed E-state index contributed by atoms with van der Waals surface area (Å²) in [7, 11) is 0. The van der Waals surface area contributed by atoms with E-state index in [-0.39, 0.29) is 5.69 Å². The van der Waals surface area contributed by atoms with Crippen LogP contribution in [-0.4, -0.2) is 15.8 Å². The van der Waals surface area contributed by atoms with Gasteiger partial charge in [-0.1, -0.05) is 42.1 Å². The van der Waals surface area contributed by atoms with E-state index < -0.39 is 15.6 Å². The van der Waals surface area contributed by atoms with Crippen molar-refractivity contribution in [1.29, 1.82) is 0 Å². The summed E-state index contributed by atoms with van der Waals surface area (Å²) in [6, 6.07) is 14.7. The molecule has 1 unspecified atom stereocenters. The molecule has 1 aliphatic rings. The normalized spacial score (nSPS) is 20.8. The van der Waals surface area contributed by atoms with E-state index in [4.69, 9.17) is 0 Å². The molecule has 2 aromatic carbocycles. The Bertz CT molecular complexity index is 770. The van der Waals surface area contributed by atoms with E-state index in [1.54, 1.807) is 0 Å². The van der Waals surface area contributed by atoms with E-state index in [2.05, 4.69) is 0 Å². The maximum Gasteiger partial charge on any atom is 0.269 e. The van der Waals surface area contributed by atoms with E-state index in [1.165, 1.54) is 30.3 Å². The molecule has 0 aromatic heterocycles. The Morgan fingerprint density at radius 2 is 1.68 bits per heavy atom. The molecule has 0 aliphatic carbocycles. The number of nitrogens with zero attached hydrogens (tertiary/aromatic N) is 1. The molecule has 2 aromatic rings. The molecular weight excluding hydrogens is 302 g/mol. The van der Waals surface area contributed by atoms with Gasteiger partial charge in [-0.15, -0.1) is 0 Å². The first-order chi connectivity index (χ1) is 10.5. The molecule has 0 amide bonds. The number of nitro benzene ring substituents is 1. The number of carbonyl (C=O) groups excluding carboxylic acids is 1. The number of nitro groups is 1. The van der Waals surface area contributed by atoms with Crippen LogP contribution < -0.4 is 0 Å². The molecule has 0 saturated heterocycles. The summed E-state index contributed by atoms with van der Waals surface area (Å²) in [5, 5.41) is 21.4. The Morgan fingerprint density at radius 1 is 1.05 bits per heavy atom. The fraction of sp³-hybridized carbons (Fsp3) is 0.0625. The Balaban J connectivity index is 1.92. The number of hydrogen-bond acceptors (Lipinski definition) is 5. The van der Waals surface area contributed by atoms with Crippen LogP contribution in [0, 0.1) is 10.1 Å². The minimum atomic E-state index is -1.74. The van der Waals surface area contributed by atoms with Crippen LogP contribution in [-0.2, 0) is 9.73 Å². The van der Waals surface area contributed by atoms with Gasteiger partial charge in [-0.3, -0.25) is 14.9 Å². The van der Waals surface area contributed by atoms with Gasteiger partial charge in [-0.2, -0.15) is 0 Å². The maximum atomic E-state index is 12.2. The van der Waals surface area contributed by atoms with Gasteiger partial charge in [-0.05, 0) is 23.8 Å². The molecule has 0 saturated carbocycles. The molecular formula is C16H11NO4S. The molecule has 6 heteroatoms. The van der Waals surface area contributed by atoms with E-state index in [9.17, 15) is 20.0 Å². The van der Waals surface area contributed by atoms with Crippen LogP contribution in [0.1, 0.15) is 11.1 Å². The average Bonchev–Trinajstić information content (AvgIpc) is 2.85. The quantitative estimate of drug-likeness (QED) is 0.695. The van der Waals surface area contributed by atoms with Crippen molar-refractivity contribution < 1.29 is 14.8 Å². The molecule has 3 rings (SSSR count). The van der Waals surface area contributed by atoms with Crippen LogP contribution in [0.4, 0.5) is 5.69 Å². The third kappa shape index (κ3) is 2.43. The number of hydrogen-bond donors (Lipinski definition) is 1. The molecule has 0 radical (unpaired) electrons. The Hall–Kier alpha value is -2.44. The van der Waals surface area contributed by atoms with Gasteiger partial charge in [0.1, 0.15) is 0 Å². The van der Waals surface area contributed by atoms with Crippen molar-refractivity contribution in [3.8, 4) is 0 Å². The summed E-state index contributed by atoms with van der Waals surface area (Å²) >= 11 is 1.04. The van der Waals surface area contributed by atoms with Crippen LogP contribution >= 0.6 is 11.8 Å². The average molecular weight is 313 g/mol. The summed E-state index contributed by atoms with van der Waals surface area (Å²) in [5.41, 5.74) is 1.09. The van der Waals surface area contributed by atoms with Gasteiger partial charge in [-0.25, -0.2) is 0 Å². The number of benzene rings is 2. The highest BCUT2D eigenvalue weighted by Crippen LogP contribution is 2.49. The largest absolute Gasteiger partial charge is 0.368 e.